The van der Waals surface area contributed by atoms with Crippen molar-refractivity contribution in [3.63, 3.8) is 0 Å². The van der Waals surface area contributed by atoms with Gasteiger partial charge in [0.05, 0.1) is 11.5 Å². The molecule has 1 aliphatic carbocycles. The summed E-state index contributed by atoms with van der Waals surface area (Å²) < 4.78 is 0. The summed E-state index contributed by atoms with van der Waals surface area (Å²) in [6, 6.07) is 6.01. The second-order valence-corrected chi connectivity index (χ2v) is 9.33. The van der Waals surface area contributed by atoms with Gasteiger partial charge in [-0.1, -0.05) is 0 Å². The third-order valence-electron chi connectivity index (χ3n) is 7.42. The van der Waals surface area contributed by atoms with Gasteiger partial charge in [-0.05, 0) is 75.6 Å². The van der Waals surface area contributed by atoms with E-state index in [9.17, 15) is 19.8 Å². The van der Waals surface area contributed by atoms with Crippen LogP contribution in [0.1, 0.15) is 50.5 Å². The van der Waals surface area contributed by atoms with Crippen molar-refractivity contribution in [2.24, 2.45) is 5.41 Å². The summed E-state index contributed by atoms with van der Waals surface area (Å²) in [4.78, 5) is 30.4. The Balaban J connectivity index is 1.49. The number of likely N-dealkylation sites (tertiary alicyclic amines) is 1. The molecule has 2 aliphatic heterocycles. The van der Waals surface area contributed by atoms with Gasteiger partial charge in [0.2, 0.25) is 5.91 Å². The summed E-state index contributed by atoms with van der Waals surface area (Å²) >= 11 is 0. The van der Waals surface area contributed by atoms with Crippen molar-refractivity contribution in [2.75, 3.05) is 36.5 Å². The summed E-state index contributed by atoms with van der Waals surface area (Å²) in [5.41, 5.74) is 2.46. The predicted octanol–water partition coefficient (Wildman–Crippen LogP) is 3.23. The van der Waals surface area contributed by atoms with Crippen LogP contribution in [0.3, 0.4) is 0 Å². The number of anilines is 2. The number of hydrogen-bond donors (Lipinski definition) is 2. The fourth-order valence-corrected chi connectivity index (χ4v) is 5.60. The molecule has 1 spiro atoms. The molecule has 1 aromatic rings. The molecule has 1 saturated carbocycles. The predicted molar refractivity (Wildman–Crippen MR) is 116 cm³/mol. The van der Waals surface area contributed by atoms with E-state index >= 15 is 0 Å². The lowest BCUT2D eigenvalue weighted by atomic mass is 9.78. The normalized spacial score (nSPS) is 29.5. The standard InChI is InChI=1S/C23H33N3O4/c1-16-14-18(24(2)22(29)30)6-9-20(16)25-12-3-10-23(15-25)11-13-26(21(23)28)17-4-7-19(27)8-5-17/h6,9,14,17,19,27H,3-5,7-8,10-13,15H2,1-2H3,(H,29,30). The first-order chi connectivity index (χ1) is 14.3. The zero-order chi connectivity index (χ0) is 21.5. The van der Waals surface area contributed by atoms with Crippen LogP contribution in [0.25, 0.3) is 0 Å². The number of benzene rings is 1. The first kappa shape index (κ1) is 21.0. The van der Waals surface area contributed by atoms with Crippen LogP contribution in [-0.2, 0) is 4.79 Å². The molecule has 30 heavy (non-hydrogen) atoms. The van der Waals surface area contributed by atoms with Crippen LogP contribution < -0.4 is 9.80 Å². The Hall–Kier alpha value is -2.28. The molecule has 1 aromatic carbocycles. The van der Waals surface area contributed by atoms with Gasteiger partial charge in [-0.2, -0.15) is 0 Å². The van der Waals surface area contributed by atoms with Gasteiger partial charge in [0.25, 0.3) is 0 Å². The maximum atomic E-state index is 13.5. The van der Waals surface area contributed by atoms with E-state index in [0.29, 0.717) is 11.6 Å². The minimum Gasteiger partial charge on any atom is -0.465 e. The molecule has 2 heterocycles. The van der Waals surface area contributed by atoms with Gasteiger partial charge < -0.3 is 20.0 Å². The summed E-state index contributed by atoms with van der Waals surface area (Å²) in [6.45, 7) is 4.48. The van der Waals surface area contributed by atoms with Crippen molar-refractivity contribution in [3.8, 4) is 0 Å². The largest absolute Gasteiger partial charge is 0.465 e. The molecule has 0 radical (unpaired) electrons. The number of rotatable bonds is 3. The molecule has 164 valence electrons. The molecular formula is C23H33N3O4. The van der Waals surface area contributed by atoms with E-state index in [2.05, 4.69) is 9.80 Å². The first-order valence-corrected chi connectivity index (χ1v) is 11.1. The topological polar surface area (TPSA) is 84.3 Å². The van der Waals surface area contributed by atoms with Crippen LogP contribution in [0.15, 0.2) is 18.2 Å². The maximum Gasteiger partial charge on any atom is 0.411 e. The lowest BCUT2D eigenvalue weighted by Crippen LogP contribution is -2.50. The number of aliphatic hydroxyl groups is 1. The Morgan fingerprint density at radius 3 is 2.57 bits per heavy atom. The van der Waals surface area contributed by atoms with Crippen LogP contribution in [0, 0.1) is 12.3 Å². The van der Waals surface area contributed by atoms with Crippen LogP contribution in [-0.4, -0.2) is 65.9 Å². The van der Waals surface area contributed by atoms with E-state index < -0.39 is 6.09 Å². The smallest absolute Gasteiger partial charge is 0.411 e. The van der Waals surface area contributed by atoms with E-state index in [4.69, 9.17) is 0 Å². The Labute approximate surface area is 178 Å². The highest BCUT2D eigenvalue weighted by Crippen LogP contribution is 2.44. The molecule has 7 heteroatoms. The van der Waals surface area contributed by atoms with Gasteiger partial charge in [-0.15, -0.1) is 0 Å². The van der Waals surface area contributed by atoms with Crippen LogP contribution in [0.4, 0.5) is 16.2 Å². The summed E-state index contributed by atoms with van der Waals surface area (Å²) in [6.07, 6.45) is 5.05. The Bertz CT molecular complexity index is 821. The lowest BCUT2D eigenvalue weighted by Gasteiger charge is -2.42. The third-order valence-corrected chi connectivity index (χ3v) is 7.42. The SMILES string of the molecule is Cc1cc(N(C)C(=O)O)ccc1N1CCCC2(CCN(C3CCC(O)CC3)C2=O)C1. The Morgan fingerprint density at radius 1 is 1.17 bits per heavy atom. The van der Waals surface area contributed by atoms with Gasteiger partial charge in [0, 0.05) is 44.1 Å². The Kier molecular flexibility index (Phi) is 5.66. The minimum atomic E-state index is -0.981. The second-order valence-electron chi connectivity index (χ2n) is 9.33. The highest BCUT2D eigenvalue weighted by Gasteiger charge is 2.50. The first-order valence-electron chi connectivity index (χ1n) is 11.1. The maximum absolute atomic E-state index is 13.5. The van der Waals surface area contributed by atoms with Crippen LogP contribution in [0.2, 0.25) is 0 Å². The summed E-state index contributed by atoms with van der Waals surface area (Å²) in [5.74, 6) is 0.300. The number of hydrogen-bond acceptors (Lipinski definition) is 4. The monoisotopic (exact) mass is 415 g/mol. The minimum absolute atomic E-state index is 0.204. The molecule has 0 aromatic heterocycles. The van der Waals surface area contributed by atoms with Crippen molar-refractivity contribution in [1.29, 1.82) is 0 Å². The van der Waals surface area contributed by atoms with Crippen LogP contribution in [0.5, 0.6) is 0 Å². The molecule has 2 saturated heterocycles. The number of aliphatic hydroxyl groups excluding tert-OH is 1. The number of carbonyl (C=O) groups is 2. The number of nitrogens with zero attached hydrogens (tertiary/aromatic N) is 3. The van der Waals surface area contributed by atoms with Crippen molar-refractivity contribution < 1.29 is 19.8 Å². The molecule has 3 aliphatic rings. The number of amides is 2. The average Bonchev–Trinajstić information content (AvgIpc) is 3.03. The fourth-order valence-electron chi connectivity index (χ4n) is 5.60. The third kappa shape index (κ3) is 3.75. The number of carbonyl (C=O) groups excluding carboxylic acids is 1. The van der Waals surface area contributed by atoms with Gasteiger partial charge in [0.15, 0.2) is 0 Å². The van der Waals surface area contributed by atoms with Gasteiger partial charge in [0.1, 0.15) is 0 Å². The van der Waals surface area contributed by atoms with Gasteiger partial charge in [-0.3, -0.25) is 9.69 Å². The number of aryl methyl sites for hydroxylation is 1. The quantitative estimate of drug-likeness (QED) is 0.792. The number of carboxylic acid groups (broad SMARTS) is 1. The molecule has 2 amide bonds. The molecule has 2 N–H and O–H groups in total. The summed E-state index contributed by atoms with van der Waals surface area (Å²) in [7, 11) is 1.54. The van der Waals surface area contributed by atoms with E-state index in [1.165, 1.54) is 4.90 Å². The number of piperidine rings is 1. The zero-order valence-electron chi connectivity index (χ0n) is 18.0. The Morgan fingerprint density at radius 2 is 1.90 bits per heavy atom. The van der Waals surface area contributed by atoms with Crippen molar-refractivity contribution in [2.45, 2.75) is 64.0 Å². The molecule has 1 atom stereocenters. The van der Waals surface area contributed by atoms with E-state index in [1.54, 1.807) is 7.05 Å². The van der Waals surface area contributed by atoms with Gasteiger partial charge in [-0.25, -0.2) is 4.79 Å². The second kappa shape index (κ2) is 8.10. The van der Waals surface area contributed by atoms with Crippen molar-refractivity contribution >= 4 is 23.4 Å². The lowest BCUT2D eigenvalue weighted by molar-refractivity contribution is -0.139. The molecule has 1 unspecified atom stereocenters. The van der Waals surface area contributed by atoms with E-state index in [0.717, 1.165) is 75.8 Å². The van der Waals surface area contributed by atoms with Gasteiger partial charge >= 0.3 is 6.09 Å². The molecular weight excluding hydrogens is 382 g/mol. The zero-order valence-corrected chi connectivity index (χ0v) is 18.0. The molecule has 0 bridgehead atoms. The fraction of sp³-hybridized carbons (Fsp3) is 0.652. The summed E-state index contributed by atoms with van der Waals surface area (Å²) in [5, 5.41) is 19.0. The van der Waals surface area contributed by atoms with Crippen molar-refractivity contribution in [1.82, 2.24) is 4.90 Å². The highest BCUT2D eigenvalue weighted by atomic mass is 16.4. The molecule has 4 rings (SSSR count). The van der Waals surface area contributed by atoms with E-state index in [1.807, 2.05) is 25.1 Å². The highest BCUT2D eigenvalue weighted by molar-refractivity contribution is 5.87. The van der Waals surface area contributed by atoms with E-state index in [-0.39, 0.29) is 17.6 Å². The van der Waals surface area contributed by atoms with Crippen LogP contribution >= 0.6 is 0 Å². The average molecular weight is 416 g/mol. The van der Waals surface area contributed by atoms with Crippen molar-refractivity contribution in [3.05, 3.63) is 23.8 Å². The molecule has 7 nitrogen and oxygen atoms in total. The molecule has 3 fully saturated rings.